The van der Waals surface area contributed by atoms with Crippen LogP contribution >= 0.6 is 0 Å². The molecule has 0 spiro atoms. The highest BCUT2D eigenvalue weighted by atomic mass is 32.2. The fourth-order valence-corrected chi connectivity index (χ4v) is 4.90. The zero-order valence-corrected chi connectivity index (χ0v) is 14.4. The third-order valence-corrected chi connectivity index (χ3v) is 7.19. The molecule has 1 aliphatic carbocycles. The third kappa shape index (κ3) is 3.74. The first-order valence-electron chi connectivity index (χ1n) is 8.05. The van der Waals surface area contributed by atoms with E-state index in [0.717, 1.165) is 0 Å². The van der Waals surface area contributed by atoms with Crippen molar-refractivity contribution in [1.82, 2.24) is 9.29 Å². The molecule has 1 aromatic heterocycles. The maximum atomic E-state index is 14.0. The Hall–Kier alpha value is -1.42. The molecule has 2 heterocycles. The van der Waals surface area contributed by atoms with Gasteiger partial charge in [0.15, 0.2) is 11.6 Å². The van der Waals surface area contributed by atoms with E-state index in [0.29, 0.717) is 51.0 Å². The summed E-state index contributed by atoms with van der Waals surface area (Å²) < 4.78 is 77.7. The van der Waals surface area contributed by atoms with E-state index in [1.54, 1.807) is 11.9 Å². The van der Waals surface area contributed by atoms with E-state index in [9.17, 15) is 26.0 Å². The molecule has 5 nitrogen and oxygen atoms in total. The van der Waals surface area contributed by atoms with Crippen LogP contribution in [0.4, 0.5) is 23.4 Å². The number of aromatic nitrogens is 1. The molecule has 0 N–H and O–H groups in total. The molecule has 3 rings (SSSR count). The van der Waals surface area contributed by atoms with E-state index in [4.69, 9.17) is 0 Å². The molecule has 1 aliphatic heterocycles. The van der Waals surface area contributed by atoms with Gasteiger partial charge in [0.2, 0.25) is 10.0 Å². The van der Waals surface area contributed by atoms with Crippen molar-refractivity contribution in [3.63, 3.8) is 0 Å². The molecule has 25 heavy (non-hydrogen) atoms. The highest BCUT2D eigenvalue weighted by molar-refractivity contribution is 7.90. The number of hydrogen-bond donors (Lipinski definition) is 0. The molecule has 0 unspecified atom stereocenters. The summed E-state index contributed by atoms with van der Waals surface area (Å²) in [6.45, 7) is 0.676. The van der Waals surface area contributed by atoms with Crippen molar-refractivity contribution in [3.05, 3.63) is 23.6 Å². The summed E-state index contributed by atoms with van der Waals surface area (Å²) in [6.07, 6.45) is -1.69. The minimum absolute atomic E-state index is 0.126. The number of piperidine rings is 1. The Kier molecular flexibility index (Phi) is 4.69. The molecule has 1 aromatic rings. The second kappa shape index (κ2) is 6.39. The largest absolute Gasteiger partial charge is 0.417 e. The number of nitrogens with zero attached hydrogens (tertiary/aromatic N) is 3. The van der Waals surface area contributed by atoms with Gasteiger partial charge in [-0.3, -0.25) is 0 Å². The highest BCUT2D eigenvalue weighted by Gasteiger charge is 2.41. The van der Waals surface area contributed by atoms with Gasteiger partial charge < -0.3 is 4.90 Å². The zero-order chi connectivity index (χ0) is 18.4. The molecular formula is C15H19F4N3O2S. The first kappa shape index (κ1) is 18.4. The maximum absolute atomic E-state index is 14.0. The number of anilines is 1. The molecule has 1 saturated carbocycles. The second-order valence-electron chi connectivity index (χ2n) is 6.51. The van der Waals surface area contributed by atoms with E-state index in [2.05, 4.69) is 4.98 Å². The van der Waals surface area contributed by atoms with Gasteiger partial charge in [-0.2, -0.15) is 13.2 Å². The number of sulfonamides is 1. The third-order valence-electron chi connectivity index (χ3n) is 4.77. The summed E-state index contributed by atoms with van der Waals surface area (Å²) in [6, 6.07) is 0.261. The number of hydrogen-bond acceptors (Lipinski definition) is 4. The lowest BCUT2D eigenvalue weighted by molar-refractivity contribution is -0.138. The lowest BCUT2D eigenvalue weighted by Crippen LogP contribution is -2.46. The van der Waals surface area contributed by atoms with Gasteiger partial charge in [0.1, 0.15) is 0 Å². The summed E-state index contributed by atoms with van der Waals surface area (Å²) in [7, 11) is -1.72. The minimum Gasteiger partial charge on any atom is -0.354 e. The van der Waals surface area contributed by atoms with Crippen LogP contribution in [0.3, 0.4) is 0 Å². The summed E-state index contributed by atoms with van der Waals surface area (Å²) >= 11 is 0. The Balaban J connectivity index is 1.66. The topological polar surface area (TPSA) is 53.5 Å². The lowest BCUT2D eigenvalue weighted by atomic mass is 10.1. The average molecular weight is 381 g/mol. The summed E-state index contributed by atoms with van der Waals surface area (Å²) in [5, 5.41) is -0.287. The van der Waals surface area contributed by atoms with Crippen molar-refractivity contribution >= 4 is 15.8 Å². The van der Waals surface area contributed by atoms with Crippen LogP contribution in [0.15, 0.2) is 12.3 Å². The highest BCUT2D eigenvalue weighted by Crippen LogP contribution is 2.34. The van der Waals surface area contributed by atoms with Crippen molar-refractivity contribution in [3.8, 4) is 0 Å². The van der Waals surface area contributed by atoms with Crippen LogP contribution in [0.2, 0.25) is 0 Å². The molecule has 0 atom stereocenters. The van der Waals surface area contributed by atoms with Gasteiger partial charge in [0, 0.05) is 32.4 Å². The summed E-state index contributed by atoms with van der Waals surface area (Å²) in [5.74, 6) is -1.15. The van der Waals surface area contributed by atoms with Crippen LogP contribution in [0.1, 0.15) is 31.2 Å². The predicted molar refractivity (Wildman–Crippen MR) is 84.1 cm³/mol. The fraction of sp³-hybridized carbons (Fsp3) is 0.667. The van der Waals surface area contributed by atoms with Crippen molar-refractivity contribution in [2.24, 2.45) is 0 Å². The summed E-state index contributed by atoms with van der Waals surface area (Å²) in [5.41, 5.74) is -1.13. The van der Waals surface area contributed by atoms with E-state index < -0.39 is 27.6 Å². The second-order valence-corrected chi connectivity index (χ2v) is 8.78. The van der Waals surface area contributed by atoms with E-state index in [1.807, 2.05) is 0 Å². The molecule has 2 aliphatic rings. The van der Waals surface area contributed by atoms with Crippen molar-refractivity contribution < 1.29 is 26.0 Å². The van der Waals surface area contributed by atoms with Gasteiger partial charge in [-0.25, -0.2) is 22.1 Å². The Morgan fingerprint density at radius 1 is 1.20 bits per heavy atom. The zero-order valence-electron chi connectivity index (χ0n) is 13.6. The Bertz CT molecular complexity index is 742. The van der Waals surface area contributed by atoms with E-state index in [1.165, 1.54) is 4.31 Å². The minimum atomic E-state index is -4.64. The molecule has 140 valence electrons. The van der Waals surface area contributed by atoms with Gasteiger partial charge in [0.25, 0.3) is 0 Å². The average Bonchev–Trinajstić information content (AvgIpc) is 3.39. The molecule has 10 heteroatoms. The maximum Gasteiger partial charge on any atom is 0.417 e. The van der Waals surface area contributed by atoms with Gasteiger partial charge in [-0.15, -0.1) is 0 Å². The molecule has 0 bridgehead atoms. The number of alkyl halides is 3. The van der Waals surface area contributed by atoms with Gasteiger partial charge in [-0.1, -0.05) is 0 Å². The first-order chi connectivity index (χ1) is 11.6. The monoisotopic (exact) mass is 381 g/mol. The summed E-state index contributed by atoms with van der Waals surface area (Å²) in [4.78, 5) is 5.18. The van der Waals surface area contributed by atoms with Crippen LogP contribution in [-0.4, -0.2) is 49.1 Å². The number of rotatable bonds is 4. The Morgan fingerprint density at radius 2 is 1.80 bits per heavy atom. The number of halogens is 4. The molecule has 0 aromatic carbocycles. The van der Waals surface area contributed by atoms with Crippen LogP contribution in [0.5, 0.6) is 0 Å². The van der Waals surface area contributed by atoms with Crippen LogP contribution in [0.25, 0.3) is 0 Å². The predicted octanol–water partition coefficient (Wildman–Crippen LogP) is 2.63. The normalized spacial score (nSPS) is 20.3. The molecule has 0 radical (unpaired) electrons. The quantitative estimate of drug-likeness (QED) is 0.753. The Morgan fingerprint density at radius 3 is 2.28 bits per heavy atom. The molecular weight excluding hydrogens is 362 g/mol. The Labute approximate surface area is 143 Å². The molecule has 1 saturated heterocycles. The standard InChI is InChI=1S/C15H19F4N3O2S/c1-21(25(23,24)12-2-3-12)11-4-6-22(7-5-11)14-13(16)8-10(9-20-14)15(17,18)19/h8-9,11-12H,2-7H2,1H3. The van der Waals surface area contributed by atoms with E-state index in [-0.39, 0.29) is 17.1 Å². The first-order valence-corrected chi connectivity index (χ1v) is 9.55. The van der Waals surface area contributed by atoms with Crippen molar-refractivity contribution in [2.75, 3.05) is 25.0 Å². The molecule has 2 fully saturated rings. The fourth-order valence-electron chi connectivity index (χ4n) is 3.07. The number of pyridine rings is 1. The van der Waals surface area contributed by atoms with Crippen LogP contribution in [-0.2, 0) is 16.2 Å². The van der Waals surface area contributed by atoms with Crippen molar-refractivity contribution in [1.29, 1.82) is 0 Å². The van der Waals surface area contributed by atoms with Crippen LogP contribution < -0.4 is 4.90 Å². The van der Waals surface area contributed by atoms with E-state index >= 15 is 0 Å². The van der Waals surface area contributed by atoms with Crippen LogP contribution in [0, 0.1) is 5.82 Å². The van der Waals surface area contributed by atoms with Gasteiger partial charge in [-0.05, 0) is 31.7 Å². The van der Waals surface area contributed by atoms with Gasteiger partial charge >= 0.3 is 6.18 Å². The smallest absolute Gasteiger partial charge is 0.354 e. The lowest BCUT2D eigenvalue weighted by Gasteiger charge is -2.36. The van der Waals surface area contributed by atoms with Crippen molar-refractivity contribution in [2.45, 2.75) is 43.2 Å². The van der Waals surface area contributed by atoms with Gasteiger partial charge in [0.05, 0.1) is 10.8 Å². The SMILES string of the molecule is CN(C1CCN(c2ncc(C(F)(F)F)cc2F)CC1)S(=O)(=O)C1CC1. The molecule has 0 amide bonds.